The Morgan fingerprint density at radius 1 is 1.38 bits per heavy atom. The zero-order valence-corrected chi connectivity index (χ0v) is 11.7. The van der Waals surface area contributed by atoms with E-state index < -0.39 is 18.0 Å². The van der Waals surface area contributed by atoms with Crippen LogP contribution in [0.4, 0.5) is 5.69 Å². The van der Waals surface area contributed by atoms with E-state index in [0.717, 1.165) is 0 Å². The van der Waals surface area contributed by atoms with Crippen LogP contribution in [0.1, 0.15) is 18.4 Å². The van der Waals surface area contributed by atoms with Crippen LogP contribution >= 0.6 is 0 Å². The zero-order valence-electron chi connectivity index (χ0n) is 11.7. The van der Waals surface area contributed by atoms with Crippen LogP contribution in [0, 0.1) is 0 Å². The van der Waals surface area contributed by atoms with Gasteiger partial charge in [-0.3, -0.25) is 14.4 Å². The highest BCUT2D eigenvalue weighted by Gasteiger charge is 2.15. The Hall–Kier alpha value is -2.41. The van der Waals surface area contributed by atoms with Gasteiger partial charge in [-0.2, -0.15) is 0 Å². The van der Waals surface area contributed by atoms with Crippen molar-refractivity contribution in [2.75, 3.05) is 12.4 Å². The van der Waals surface area contributed by atoms with Gasteiger partial charge in [0.05, 0.1) is 13.5 Å². The minimum absolute atomic E-state index is 0.0689. The number of esters is 1. The van der Waals surface area contributed by atoms with Gasteiger partial charge in [0.15, 0.2) is 0 Å². The lowest BCUT2D eigenvalue weighted by Gasteiger charge is -2.10. The summed E-state index contributed by atoms with van der Waals surface area (Å²) >= 11 is 0. The maximum atomic E-state index is 11.7. The third-order valence-electron chi connectivity index (χ3n) is 2.75. The number of anilines is 1. The molecule has 0 unspecified atom stereocenters. The summed E-state index contributed by atoms with van der Waals surface area (Å²) in [4.78, 5) is 33.4. The average molecular weight is 294 g/mol. The fourth-order valence-electron chi connectivity index (χ4n) is 1.71. The molecule has 1 amide bonds. The Kier molecular flexibility index (Phi) is 6.35. The van der Waals surface area contributed by atoms with Crippen molar-refractivity contribution in [3.05, 3.63) is 29.8 Å². The molecule has 7 nitrogen and oxygen atoms in total. The van der Waals surface area contributed by atoms with Gasteiger partial charge in [-0.25, -0.2) is 0 Å². The first-order chi connectivity index (χ1) is 9.92. The molecule has 0 saturated carbocycles. The van der Waals surface area contributed by atoms with Crippen LogP contribution in [0.5, 0.6) is 0 Å². The number of ether oxygens (including phenoxy) is 1. The molecule has 4 N–H and O–H groups in total. The van der Waals surface area contributed by atoms with Gasteiger partial charge in [-0.1, -0.05) is 12.1 Å². The van der Waals surface area contributed by atoms with Crippen LogP contribution < -0.4 is 11.1 Å². The fourth-order valence-corrected chi connectivity index (χ4v) is 1.71. The predicted molar refractivity (Wildman–Crippen MR) is 75.6 cm³/mol. The van der Waals surface area contributed by atoms with Gasteiger partial charge in [-0.15, -0.1) is 0 Å². The highest BCUT2D eigenvalue weighted by atomic mass is 16.5. The Morgan fingerprint density at radius 2 is 2.10 bits per heavy atom. The summed E-state index contributed by atoms with van der Waals surface area (Å²) in [6.07, 6.45) is 0.129. The predicted octanol–water partition coefficient (Wildman–Crippen LogP) is 0.533. The molecule has 0 aliphatic carbocycles. The molecule has 1 rings (SSSR count). The first-order valence-electron chi connectivity index (χ1n) is 6.36. The number of hydrogen-bond acceptors (Lipinski definition) is 5. The Morgan fingerprint density at radius 3 is 2.71 bits per heavy atom. The maximum Gasteiger partial charge on any atom is 0.322 e. The van der Waals surface area contributed by atoms with Gasteiger partial charge in [0.25, 0.3) is 0 Å². The molecule has 1 aromatic carbocycles. The number of carboxylic acids is 1. The van der Waals surface area contributed by atoms with E-state index in [1.165, 1.54) is 7.11 Å². The van der Waals surface area contributed by atoms with E-state index in [2.05, 4.69) is 10.1 Å². The molecule has 0 aromatic heterocycles. The van der Waals surface area contributed by atoms with Gasteiger partial charge in [0.1, 0.15) is 6.04 Å². The minimum Gasteiger partial charge on any atom is -0.481 e. The SMILES string of the molecule is COC(=O)[C@@H](N)CCC(=O)Nc1cccc(CC(=O)O)c1. The smallest absolute Gasteiger partial charge is 0.322 e. The summed E-state index contributed by atoms with van der Waals surface area (Å²) in [6.45, 7) is 0. The molecule has 0 aliphatic heterocycles. The van der Waals surface area contributed by atoms with Gasteiger partial charge in [0.2, 0.25) is 5.91 Å². The van der Waals surface area contributed by atoms with Crippen LogP contribution in [-0.2, 0) is 25.5 Å². The van der Waals surface area contributed by atoms with E-state index in [1.54, 1.807) is 24.3 Å². The highest BCUT2D eigenvalue weighted by molar-refractivity contribution is 5.91. The molecule has 114 valence electrons. The average Bonchev–Trinajstić information content (AvgIpc) is 2.43. The highest BCUT2D eigenvalue weighted by Crippen LogP contribution is 2.12. The van der Waals surface area contributed by atoms with Crippen LogP contribution in [-0.4, -0.2) is 36.1 Å². The molecule has 1 atom stereocenters. The van der Waals surface area contributed by atoms with Crippen LogP contribution in [0.15, 0.2) is 24.3 Å². The quantitative estimate of drug-likeness (QED) is 0.631. The number of carbonyl (C=O) groups excluding carboxylic acids is 2. The lowest BCUT2D eigenvalue weighted by atomic mass is 10.1. The lowest BCUT2D eigenvalue weighted by Crippen LogP contribution is -2.32. The molecular weight excluding hydrogens is 276 g/mol. The molecule has 0 fully saturated rings. The lowest BCUT2D eigenvalue weighted by molar-refractivity contribution is -0.142. The molecule has 0 saturated heterocycles. The number of carboxylic acid groups (broad SMARTS) is 1. The molecule has 0 radical (unpaired) electrons. The largest absolute Gasteiger partial charge is 0.481 e. The van der Waals surface area contributed by atoms with E-state index in [0.29, 0.717) is 11.3 Å². The zero-order chi connectivity index (χ0) is 15.8. The molecule has 0 heterocycles. The second-order valence-electron chi connectivity index (χ2n) is 4.49. The summed E-state index contributed by atoms with van der Waals surface area (Å²) < 4.78 is 4.46. The first-order valence-corrected chi connectivity index (χ1v) is 6.36. The number of aliphatic carboxylic acids is 1. The van der Waals surface area contributed by atoms with Crippen molar-refractivity contribution in [2.45, 2.75) is 25.3 Å². The fraction of sp³-hybridized carbons (Fsp3) is 0.357. The number of benzene rings is 1. The topological polar surface area (TPSA) is 119 Å². The molecule has 1 aromatic rings. The summed E-state index contributed by atoms with van der Waals surface area (Å²) in [5.41, 5.74) is 6.62. The van der Waals surface area contributed by atoms with E-state index in [9.17, 15) is 14.4 Å². The number of carbonyl (C=O) groups is 3. The summed E-state index contributed by atoms with van der Waals surface area (Å²) in [5.74, 6) is -1.81. The van der Waals surface area contributed by atoms with Crippen molar-refractivity contribution in [3.63, 3.8) is 0 Å². The van der Waals surface area contributed by atoms with E-state index in [1.807, 2.05) is 0 Å². The molecular formula is C14H18N2O5. The van der Waals surface area contributed by atoms with Gasteiger partial charge in [-0.05, 0) is 24.1 Å². The molecule has 0 bridgehead atoms. The Labute approximate surface area is 122 Å². The number of amides is 1. The third kappa shape index (κ3) is 6.05. The van der Waals surface area contributed by atoms with E-state index in [-0.39, 0.29) is 25.2 Å². The Bertz CT molecular complexity index is 530. The number of nitrogens with one attached hydrogen (secondary N) is 1. The van der Waals surface area contributed by atoms with Gasteiger partial charge >= 0.3 is 11.9 Å². The third-order valence-corrected chi connectivity index (χ3v) is 2.75. The standard InChI is InChI=1S/C14H18N2O5/c1-21-14(20)11(15)5-6-12(17)16-10-4-2-3-9(7-10)8-13(18)19/h2-4,7,11H,5-6,8,15H2,1H3,(H,16,17)(H,18,19)/t11-/m0/s1. The van der Waals surface area contributed by atoms with Crippen molar-refractivity contribution in [2.24, 2.45) is 5.73 Å². The monoisotopic (exact) mass is 294 g/mol. The molecule has 0 aliphatic rings. The van der Waals surface area contributed by atoms with Crippen molar-refractivity contribution in [3.8, 4) is 0 Å². The van der Waals surface area contributed by atoms with Crippen molar-refractivity contribution in [1.82, 2.24) is 0 Å². The summed E-state index contributed by atoms with van der Waals surface area (Å²) in [5, 5.41) is 11.3. The number of hydrogen-bond donors (Lipinski definition) is 3. The second kappa shape index (κ2) is 8.01. The minimum atomic E-state index is -0.942. The number of methoxy groups -OCH3 is 1. The second-order valence-corrected chi connectivity index (χ2v) is 4.49. The van der Waals surface area contributed by atoms with Gasteiger partial charge in [0, 0.05) is 12.1 Å². The molecule has 21 heavy (non-hydrogen) atoms. The maximum absolute atomic E-state index is 11.7. The molecule has 7 heteroatoms. The van der Waals surface area contributed by atoms with Crippen molar-refractivity contribution >= 4 is 23.5 Å². The van der Waals surface area contributed by atoms with Gasteiger partial charge < -0.3 is 20.9 Å². The Balaban J connectivity index is 2.51. The van der Waals surface area contributed by atoms with Crippen LogP contribution in [0.2, 0.25) is 0 Å². The summed E-state index contributed by atoms with van der Waals surface area (Å²) in [6, 6.07) is 5.74. The number of rotatable bonds is 7. The molecule has 0 spiro atoms. The first kappa shape index (κ1) is 16.6. The van der Waals surface area contributed by atoms with E-state index in [4.69, 9.17) is 10.8 Å². The normalized spacial score (nSPS) is 11.5. The van der Waals surface area contributed by atoms with Crippen LogP contribution in [0.25, 0.3) is 0 Å². The number of nitrogens with two attached hydrogens (primary N) is 1. The van der Waals surface area contributed by atoms with E-state index >= 15 is 0 Å². The van der Waals surface area contributed by atoms with Crippen LogP contribution in [0.3, 0.4) is 0 Å². The van der Waals surface area contributed by atoms with Crippen molar-refractivity contribution in [1.29, 1.82) is 0 Å². The summed E-state index contributed by atoms with van der Waals surface area (Å²) in [7, 11) is 1.23. The van der Waals surface area contributed by atoms with Crippen molar-refractivity contribution < 1.29 is 24.2 Å².